The fourth-order valence-corrected chi connectivity index (χ4v) is 4.54. The van der Waals surface area contributed by atoms with Gasteiger partial charge in [-0.15, -0.1) is 11.3 Å². The molecule has 9 heteroatoms. The summed E-state index contributed by atoms with van der Waals surface area (Å²) in [6.45, 7) is 0.621. The number of thiophene rings is 1. The molecule has 2 amide bonds. The maximum atomic E-state index is 12.9. The number of nitrogens with zero attached hydrogens (tertiary/aromatic N) is 2. The molecule has 28 heavy (non-hydrogen) atoms. The Morgan fingerprint density at radius 1 is 1.21 bits per heavy atom. The van der Waals surface area contributed by atoms with Gasteiger partial charge in [-0.05, 0) is 23.6 Å². The van der Waals surface area contributed by atoms with Crippen LogP contribution < -0.4 is 5.11 Å². The Morgan fingerprint density at radius 3 is 2.61 bits per heavy atom. The zero-order valence-electron chi connectivity index (χ0n) is 15.0. The predicted molar refractivity (Wildman–Crippen MR) is 96.2 cm³/mol. The number of likely N-dealkylation sites (tertiary alicyclic amines) is 1. The van der Waals surface area contributed by atoms with Gasteiger partial charge in [0.05, 0.1) is 31.3 Å². The Bertz CT molecular complexity index is 855. The highest BCUT2D eigenvalue weighted by Crippen LogP contribution is 2.38. The lowest BCUT2D eigenvalue weighted by molar-refractivity contribution is -0.310. The SMILES string of the molecule is O=C([O-])[C@H]1COC2(CCN(C(=O)Cc3cccs3)CC2)N1C(=O)c1ccco1. The molecule has 0 N–H and O–H groups in total. The molecule has 2 aliphatic heterocycles. The van der Waals surface area contributed by atoms with Crippen molar-refractivity contribution in [2.75, 3.05) is 19.7 Å². The number of carboxylic acid groups (broad SMARTS) is 1. The highest BCUT2D eigenvalue weighted by Gasteiger charge is 2.53. The molecule has 0 bridgehead atoms. The van der Waals surface area contributed by atoms with E-state index in [1.807, 2.05) is 17.5 Å². The average Bonchev–Trinajstić information content (AvgIpc) is 3.43. The number of hydrogen-bond donors (Lipinski definition) is 0. The van der Waals surface area contributed by atoms with E-state index >= 15 is 0 Å². The number of amides is 2. The van der Waals surface area contributed by atoms with Crippen molar-refractivity contribution in [3.63, 3.8) is 0 Å². The largest absolute Gasteiger partial charge is 0.548 e. The van der Waals surface area contributed by atoms with E-state index in [1.165, 1.54) is 28.6 Å². The Balaban J connectivity index is 1.50. The van der Waals surface area contributed by atoms with E-state index in [0.717, 1.165) is 4.88 Å². The van der Waals surface area contributed by atoms with Crippen molar-refractivity contribution in [1.82, 2.24) is 9.80 Å². The molecule has 0 aromatic carbocycles. The standard InChI is InChI=1S/C19H20N2O6S/c22-16(11-13-3-2-10-28-13)20-7-5-19(6-8-20)21(14(12-27-19)18(24)25)17(23)15-4-1-9-26-15/h1-4,9-10,14H,5-8,11-12H2,(H,24,25)/p-1/t14-/m1/s1. The number of carbonyl (C=O) groups excluding carboxylic acids is 3. The second-order valence-electron chi connectivity index (χ2n) is 6.88. The Kier molecular flexibility index (Phi) is 4.94. The summed E-state index contributed by atoms with van der Waals surface area (Å²) >= 11 is 1.53. The van der Waals surface area contributed by atoms with Crippen LogP contribution in [0, 0.1) is 0 Å². The zero-order valence-corrected chi connectivity index (χ0v) is 15.9. The number of rotatable bonds is 4. The van der Waals surface area contributed by atoms with Gasteiger partial charge in [0.25, 0.3) is 5.91 Å². The van der Waals surface area contributed by atoms with Gasteiger partial charge in [0, 0.05) is 30.8 Å². The molecule has 0 saturated carbocycles. The van der Waals surface area contributed by atoms with E-state index in [9.17, 15) is 19.5 Å². The molecule has 2 aromatic rings. The van der Waals surface area contributed by atoms with Crippen molar-refractivity contribution in [2.45, 2.75) is 31.0 Å². The zero-order chi connectivity index (χ0) is 19.7. The van der Waals surface area contributed by atoms with Crippen LogP contribution in [0.15, 0.2) is 40.3 Å². The van der Waals surface area contributed by atoms with Gasteiger partial charge < -0.3 is 24.0 Å². The number of furan rings is 1. The van der Waals surface area contributed by atoms with Gasteiger partial charge in [-0.1, -0.05) is 6.07 Å². The first-order valence-corrected chi connectivity index (χ1v) is 9.90. The van der Waals surface area contributed by atoms with E-state index in [2.05, 4.69) is 0 Å². The summed E-state index contributed by atoms with van der Waals surface area (Å²) in [4.78, 5) is 41.0. The lowest BCUT2D eigenvalue weighted by Gasteiger charge is -2.44. The van der Waals surface area contributed by atoms with Gasteiger partial charge in [0.1, 0.15) is 5.72 Å². The highest BCUT2D eigenvalue weighted by molar-refractivity contribution is 7.10. The van der Waals surface area contributed by atoms with Crippen molar-refractivity contribution < 1.29 is 28.6 Å². The van der Waals surface area contributed by atoms with E-state index in [0.29, 0.717) is 32.4 Å². The summed E-state index contributed by atoms with van der Waals surface area (Å²) in [7, 11) is 0. The summed E-state index contributed by atoms with van der Waals surface area (Å²) in [5.41, 5.74) is -1.08. The molecule has 4 heterocycles. The smallest absolute Gasteiger partial charge is 0.292 e. The van der Waals surface area contributed by atoms with Gasteiger partial charge in [0.2, 0.25) is 5.91 Å². The highest BCUT2D eigenvalue weighted by atomic mass is 32.1. The Labute approximate surface area is 165 Å². The van der Waals surface area contributed by atoms with Gasteiger partial charge in [-0.2, -0.15) is 0 Å². The second-order valence-corrected chi connectivity index (χ2v) is 7.91. The van der Waals surface area contributed by atoms with Gasteiger partial charge in [-0.25, -0.2) is 0 Å². The molecule has 0 aliphatic carbocycles. The molecule has 4 rings (SSSR count). The summed E-state index contributed by atoms with van der Waals surface area (Å²) in [6, 6.07) is 5.69. The van der Waals surface area contributed by atoms with Crippen LogP contribution in [0.3, 0.4) is 0 Å². The summed E-state index contributed by atoms with van der Waals surface area (Å²) < 4.78 is 11.0. The number of ether oxygens (including phenoxy) is 1. The quantitative estimate of drug-likeness (QED) is 0.736. The van der Waals surface area contributed by atoms with Gasteiger partial charge in [-0.3, -0.25) is 14.5 Å². The first-order valence-electron chi connectivity index (χ1n) is 9.02. The topological polar surface area (TPSA) is 103 Å². The molecule has 0 radical (unpaired) electrons. The molecule has 8 nitrogen and oxygen atoms in total. The van der Waals surface area contributed by atoms with Crippen LogP contribution in [0.1, 0.15) is 28.3 Å². The van der Waals surface area contributed by atoms with E-state index < -0.39 is 23.6 Å². The number of hydrogen-bond acceptors (Lipinski definition) is 7. The van der Waals surface area contributed by atoms with Crippen LogP contribution in [0.5, 0.6) is 0 Å². The molecule has 2 saturated heterocycles. The maximum Gasteiger partial charge on any atom is 0.292 e. The lowest BCUT2D eigenvalue weighted by Crippen LogP contribution is -2.60. The lowest BCUT2D eigenvalue weighted by atomic mass is 9.97. The third kappa shape index (κ3) is 3.31. The molecule has 0 unspecified atom stereocenters. The monoisotopic (exact) mass is 403 g/mol. The van der Waals surface area contributed by atoms with E-state index in [1.54, 1.807) is 11.0 Å². The van der Waals surface area contributed by atoms with Crippen LogP contribution in [0.25, 0.3) is 0 Å². The summed E-state index contributed by atoms with van der Waals surface area (Å²) in [5.74, 6) is -1.86. The molecule has 148 valence electrons. The van der Waals surface area contributed by atoms with Crippen LogP contribution in [0.2, 0.25) is 0 Å². The molecule has 2 fully saturated rings. The van der Waals surface area contributed by atoms with Crippen LogP contribution in [-0.4, -0.2) is 59.0 Å². The average molecular weight is 403 g/mol. The first kappa shape index (κ1) is 18.7. The van der Waals surface area contributed by atoms with E-state index in [-0.39, 0.29) is 18.3 Å². The Hall–Kier alpha value is -2.65. The van der Waals surface area contributed by atoms with Crippen molar-refractivity contribution in [3.8, 4) is 0 Å². The summed E-state index contributed by atoms with van der Waals surface area (Å²) in [6.07, 6.45) is 2.36. The number of carbonyl (C=O) groups is 3. The minimum atomic E-state index is -1.37. The van der Waals surface area contributed by atoms with Crippen LogP contribution >= 0.6 is 11.3 Å². The molecular weight excluding hydrogens is 384 g/mol. The minimum Gasteiger partial charge on any atom is -0.548 e. The number of aliphatic carboxylic acids is 1. The maximum absolute atomic E-state index is 12.9. The minimum absolute atomic E-state index is 0.00987. The van der Waals surface area contributed by atoms with Crippen molar-refractivity contribution in [1.29, 1.82) is 0 Å². The fraction of sp³-hybridized carbons (Fsp3) is 0.421. The number of piperidine rings is 1. The molecule has 1 atom stereocenters. The predicted octanol–water partition coefficient (Wildman–Crippen LogP) is 0.493. The van der Waals surface area contributed by atoms with E-state index in [4.69, 9.17) is 9.15 Å². The van der Waals surface area contributed by atoms with Crippen molar-refractivity contribution in [2.24, 2.45) is 0 Å². The third-order valence-corrected chi connectivity index (χ3v) is 6.16. The first-order chi connectivity index (χ1) is 13.5. The van der Waals surface area contributed by atoms with Crippen LogP contribution in [-0.2, 0) is 20.7 Å². The molecule has 2 aliphatic rings. The van der Waals surface area contributed by atoms with Crippen LogP contribution in [0.4, 0.5) is 0 Å². The normalized spacial score (nSPS) is 21.2. The second kappa shape index (κ2) is 7.40. The molecular formula is C19H19N2O6S-. The fourth-order valence-electron chi connectivity index (χ4n) is 3.85. The van der Waals surface area contributed by atoms with Gasteiger partial charge in [0.15, 0.2) is 5.76 Å². The Morgan fingerprint density at radius 2 is 2.00 bits per heavy atom. The summed E-state index contributed by atoms with van der Waals surface area (Å²) in [5, 5.41) is 13.5. The molecule has 1 spiro atoms. The van der Waals surface area contributed by atoms with Gasteiger partial charge >= 0.3 is 0 Å². The molecule has 2 aromatic heterocycles. The third-order valence-electron chi connectivity index (χ3n) is 5.29. The van der Waals surface area contributed by atoms with Crippen molar-refractivity contribution >= 4 is 29.1 Å². The van der Waals surface area contributed by atoms with Crippen molar-refractivity contribution in [3.05, 3.63) is 46.5 Å². The number of carboxylic acids is 1.